The van der Waals surface area contributed by atoms with E-state index in [0.717, 1.165) is 11.3 Å². The second-order valence-electron chi connectivity index (χ2n) is 5.26. The Morgan fingerprint density at radius 3 is 1.90 bits per heavy atom. The molecule has 104 valence electrons. The van der Waals surface area contributed by atoms with Crippen LogP contribution in [0.1, 0.15) is 13.8 Å². The Kier molecular flexibility index (Phi) is 3.49. The maximum Gasteiger partial charge on any atom is 0.0540 e. The molecule has 0 spiro atoms. The SMILES string of the molecule is C=C(C)/C=C\C(=C/C)n1c2ccccc2c2ccccc21. The van der Waals surface area contributed by atoms with Gasteiger partial charge >= 0.3 is 0 Å². The third-order valence-electron chi connectivity index (χ3n) is 3.67. The zero-order valence-corrected chi connectivity index (χ0v) is 12.5. The fraction of sp³-hybridized carbons (Fsp3) is 0.100. The van der Waals surface area contributed by atoms with Crippen molar-refractivity contribution in [2.24, 2.45) is 0 Å². The normalized spacial score (nSPS) is 12.6. The number of allylic oxidation sites excluding steroid dienone is 5. The van der Waals surface area contributed by atoms with Gasteiger partial charge in [-0.15, -0.1) is 0 Å². The Hall–Kier alpha value is -2.54. The van der Waals surface area contributed by atoms with Crippen LogP contribution in [0, 0.1) is 0 Å². The summed E-state index contributed by atoms with van der Waals surface area (Å²) in [5.74, 6) is 0. The number of para-hydroxylation sites is 2. The van der Waals surface area contributed by atoms with Crippen molar-refractivity contribution in [1.29, 1.82) is 0 Å². The van der Waals surface area contributed by atoms with Crippen LogP contribution in [-0.2, 0) is 0 Å². The highest BCUT2D eigenvalue weighted by atomic mass is 15.0. The topological polar surface area (TPSA) is 4.93 Å². The number of benzene rings is 2. The van der Waals surface area contributed by atoms with E-state index in [1.165, 1.54) is 21.8 Å². The molecule has 0 aliphatic carbocycles. The predicted molar refractivity (Wildman–Crippen MR) is 93.3 cm³/mol. The molecule has 0 radical (unpaired) electrons. The largest absolute Gasteiger partial charge is 0.310 e. The molecule has 0 aliphatic heterocycles. The summed E-state index contributed by atoms with van der Waals surface area (Å²) in [6.45, 7) is 8.02. The molecule has 2 aromatic carbocycles. The highest BCUT2D eigenvalue weighted by Gasteiger charge is 2.10. The summed E-state index contributed by atoms with van der Waals surface area (Å²) in [6.07, 6.45) is 6.32. The fourth-order valence-electron chi connectivity index (χ4n) is 2.73. The van der Waals surface area contributed by atoms with Gasteiger partial charge in [-0.3, -0.25) is 0 Å². The third kappa shape index (κ3) is 2.31. The van der Waals surface area contributed by atoms with Crippen molar-refractivity contribution in [3.05, 3.63) is 78.9 Å². The number of hydrogen-bond acceptors (Lipinski definition) is 0. The van der Waals surface area contributed by atoms with Crippen LogP contribution in [-0.4, -0.2) is 4.57 Å². The lowest BCUT2D eigenvalue weighted by Gasteiger charge is -2.08. The first-order chi connectivity index (χ1) is 10.2. The van der Waals surface area contributed by atoms with Crippen LogP contribution in [0.25, 0.3) is 27.5 Å². The molecule has 0 amide bonds. The van der Waals surface area contributed by atoms with Gasteiger partial charge in [0.15, 0.2) is 0 Å². The van der Waals surface area contributed by atoms with E-state index in [1.807, 2.05) is 6.92 Å². The maximum atomic E-state index is 3.94. The van der Waals surface area contributed by atoms with Crippen molar-refractivity contribution >= 4 is 27.5 Å². The van der Waals surface area contributed by atoms with Gasteiger partial charge in [0.2, 0.25) is 0 Å². The smallest absolute Gasteiger partial charge is 0.0540 e. The molecule has 0 unspecified atom stereocenters. The molecule has 1 heteroatoms. The van der Waals surface area contributed by atoms with E-state index in [2.05, 4.69) is 84.8 Å². The van der Waals surface area contributed by atoms with E-state index in [1.54, 1.807) is 0 Å². The first kappa shape index (κ1) is 13.4. The van der Waals surface area contributed by atoms with Crippen LogP contribution in [0.5, 0.6) is 0 Å². The van der Waals surface area contributed by atoms with Crippen molar-refractivity contribution in [2.75, 3.05) is 0 Å². The van der Waals surface area contributed by atoms with Gasteiger partial charge in [-0.25, -0.2) is 0 Å². The van der Waals surface area contributed by atoms with Crippen LogP contribution in [0.15, 0.2) is 78.9 Å². The summed E-state index contributed by atoms with van der Waals surface area (Å²) in [6, 6.07) is 17.1. The van der Waals surface area contributed by atoms with E-state index in [9.17, 15) is 0 Å². The highest BCUT2D eigenvalue weighted by Crippen LogP contribution is 2.31. The Morgan fingerprint density at radius 2 is 1.43 bits per heavy atom. The zero-order chi connectivity index (χ0) is 14.8. The third-order valence-corrected chi connectivity index (χ3v) is 3.67. The lowest BCUT2D eigenvalue weighted by molar-refractivity contribution is 1.23. The summed E-state index contributed by atoms with van der Waals surface area (Å²) in [5, 5.41) is 2.58. The Bertz CT molecular complexity index is 822. The molecule has 3 rings (SSSR count). The molecule has 0 N–H and O–H groups in total. The molecule has 1 aromatic heterocycles. The number of aromatic nitrogens is 1. The minimum absolute atomic E-state index is 1.05. The van der Waals surface area contributed by atoms with Crippen LogP contribution in [0.4, 0.5) is 0 Å². The molecule has 0 atom stereocenters. The zero-order valence-electron chi connectivity index (χ0n) is 12.5. The van der Waals surface area contributed by atoms with E-state index < -0.39 is 0 Å². The van der Waals surface area contributed by atoms with Crippen molar-refractivity contribution in [3.8, 4) is 0 Å². The van der Waals surface area contributed by atoms with Crippen LogP contribution in [0.3, 0.4) is 0 Å². The molecule has 0 fully saturated rings. The summed E-state index contributed by atoms with van der Waals surface area (Å²) < 4.78 is 2.31. The predicted octanol–water partition coefficient (Wildman–Crippen LogP) is 5.79. The molecule has 0 aliphatic rings. The lowest BCUT2D eigenvalue weighted by atomic mass is 10.2. The molecule has 0 bridgehead atoms. The second kappa shape index (κ2) is 5.45. The molecule has 0 saturated heterocycles. The lowest BCUT2D eigenvalue weighted by Crippen LogP contribution is -1.94. The molecule has 1 nitrogen and oxygen atoms in total. The summed E-state index contributed by atoms with van der Waals surface area (Å²) in [5.41, 5.74) is 4.68. The van der Waals surface area contributed by atoms with Gasteiger partial charge in [0.1, 0.15) is 0 Å². The Labute approximate surface area is 125 Å². The standard InChI is InChI=1S/C20H19N/c1-4-16(14-13-15(2)3)21-19-11-7-5-9-17(19)18-10-6-8-12-20(18)21/h4-14H,2H2,1,3H3/b14-13-,16-4+. The van der Waals surface area contributed by atoms with Crippen molar-refractivity contribution in [3.63, 3.8) is 0 Å². The van der Waals surface area contributed by atoms with Crippen molar-refractivity contribution in [2.45, 2.75) is 13.8 Å². The highest BCUT2D eigenvalue weighted by molar-refractivity contribution is 6.10. The average Bonchev–Trinajstić information content (AvgIpc) is 2.83. The van der Waals surface area contributed by atoms with Crippen LogP contribution >= 0.6 is 0 Å². The van der Waals surface area contributed by atoms with Crippen LogP contribution in [0.2, 0.25) is 0 Å². The Morgan fingerprint density at radius 1 is 0.905 bits per heavy atom. The number of rotatable bonds is 3. The first-order valence-electron chi connectivity index (χ1n) is 7.21. The van der Waals surface area contributed by atoms with Gasteiger partial charge in [-0.1, -0.05) is 60.7 Å². The minimum Gasteiger partial charge on any atom is -0.310 e. The van der Waals surface area contributed by atoms with Crippen LogP contribution < -0.4 is 0 Å². The molecule has 1 heterocycles. The van der Waals surface area contributed by atoms with Gasteiger partial charge in [0.05, 0.1) is 11.0 Å². The second-order valence-corrected chi connectivity index (χ2v) is 5.26. The van der Waals surface area contributed by atoms with E-state index in [4.69, 9.17) is 0 Å². The molecule has 3 aromatic rings. The molecule has 0 saturated carbocycles. The molecule has 21 heavy (non-hydrogen) atoms. The average molecular weight is 273 g/mol. The maximum absolute atomic E-state index is 3.94. The van der Waals surface area contributed by atoms with E-state index >= 15 is 0 Å². The summed E-state index contributed by atoms with van der Waals surface area (Å²) in [4.78, 5) is 0. The van der Waals surface area contributed by atoms with Gasteiger partial charge < -0.3 is 4.57 Å². The molecular formula is C20H19N. The molecular weight excluding hydrogens is 254 g/mol. The number of fused-ring (bicyclic) bond motifs is 3. The Balaban J connectivity index is 2.36. The van der Waals surface area contributed by atoms with Crippen molar-refractivity contribution in [1.82, 2.24) is 4.57 Å². The first-order valence-corrected chi connectivity index (χ1v) is 7.21. The van der Waals surface area contributed by atoms with Gasteiger partial charge in [0, 0.05) is 16.5 Å². The van der Waals surface area contributed by atoms with E-state index in [-0.39, 0.29) is 0 Å². The number of hydrogen-bond donors (Lipinski definition) is 0. The number of nitrogens with zero attached hydrogens (tertiary/aromatic N) is 1. The monoisotopic (exact) mass is 273 g/mol. The minimum atomic E-state index is 1.05. The van der Waals surface area contributed by atoms with E-state index in [0.29, 0.717) is 0 Å². The quantitative estimate of drug-likeness (QED) is 0.532. The summed E-state index contributed by atoms with van der Waals surface area (Å²) >= 11 is 0. The van der Waals surface area contributed by atoms with Crippen molar-refractivity contribution < 1.29 is 0 Å². The summed E-state index contributed by atoms with van der Waals surface area (Å²) in [7, 11) is 0. The van der Waals surface area contributed by atoms with Gasteiger partial charge in [0.25, 0.3) is 0 Å². The fourth-order valence-corrected chi connectivity index (χ4v) is 2.73. The van der Waals surface area contributed by atoms with Gasteiger partial charge in [-0.2, -0.15) is 0 Å². The van der Waals surface area contributed by atoms with Gasteiger partial charge in [-0.05, 0) is 32.1 Å².